The summed E-state index contributed by atoms with van der Waals surface area (Å²) in [5.41, 5.74) is 1.19. The predicted molar refractivity (Wildman–Crippen MR) is 74.8 cm³/mol. The minimum Gasteiger partial charge on any atom is -0.494 e. The van der Waals surface area contributed by atoms with E-state index in [1.165, 1.54) is 0 Å². The standard InChI is InChI=1S/C14H17N3O3/c1-3-20-13-6-4-11(5-7-13)14(18)16-12-8-15-17(9-12)10-19-2/h4-9H,3,10H2,1-2H3,(H,16,18). The van der Waals surface area contributed by atoms with Crippen LogP contribution < -0.4 is 10.1 Å². The van der Waals surface area contributed by atoms with E-state index in [0.29, 0.717) is 24.6 Å². The van der Waals surface area contributed by atoms with Gasteiger partial charge in [0.2, 0.25) is 0 Å². The van der Waals surface area contributed by atoms with Gasteiger partial charge in [-0.25, -0.2) is 4.68 Å². The Morgan fingerprint density at radius 2 is 2.10 bits per heavy atom. The van der Waals surface area contributed by atoms with E-state index in [2.05, 4.69) is 10.4 Å². The Bertz CT molecular complexity index is 563. The van der Waals surface area contributed by atoms with Crippen LogP contribution in [0.4, 0.5) is 5.69 Å². The van der Waals surface area contributed by atoms with Crippen LogP contribution in [0, 0.1) is 0 Å². The fraction of sp³-hybridized carbons (Fsp3) is 0.286. The van der Waals surface area contributed by atoms with Crippen molar-refractivity contribution in [3.8, 4) is 5.75 Å². The fourth-order valence-corrected chi connectivity index (χ4v) is 1.70. The van der Waals surface area contributed by atoms with Crippen LogP contribution in [-0.4, -0.2) is 29.4 Å². The van der Waals surface area contributed by atoms with Crippen LogP contribution in [0.15, 0.2) is 36.7 Å². The molecule has 0 saturated heterocycles. The Hall–Kier alpha value is -2.34. The number of nitrogens with one attached hydrogen (secondary N) is 1. The Morgan fingerprint density at radius 3 is 2.75 bits per heavy atom. The van der Waals surface area contributed by atoms with Gasteiger partial charge in [0, 0.05) is 12.7 Å². The molecular formula is C14H17N3O3. The summed E-state index contributed by atoms with van der Waals surface area (Å²) in [5.74, 6) is 0.557. The van der Waals surface area contributed by atoms with E-state index < -0.39 is 0 Å². The zero-order valence-corrected chi connectivity index (χ0v) is 11.5. The van der Waals surface area contributed by atoms with Crippen molar-refractivity contribution in [2.75, 3.05) is 19.0 Å². The molecule has 0 aliphatic rings. The zero-order valence-electron chi connectivity index (χ0n) is 11.5. The highest BCUT2D eigenvalue weighted by molar-refractivity contribution is 6.04. The van der Waals surface area contributed by atoms with Gasteiger partial charge in [-0.2, -0.15) is 5.10 Å². The van der Waals surface area contributed by atoms with Crippen LogP contribution in [0.2, 0.25) is 0 Å². The number of rotatable bonds is 6. The summed E-state index contributed by atoms with van der Waals surface area (Å²) >= 11 is 0. The zero-order chi connectivity index (χ0) is 14.4. The third-order valence-electron chi connectivity index (χ3n) is 2.58. The van der Waals surface area contributed by atoms with Crippen LogP contribution in [-0.2, 0) is 11.5 Å². The normalized spacial score (nSPS) is 10.3. The quantitative estimate of drug-likeness (QED) is 0.877. The van der Waals surface area contributed by atoms with Gasteiger partial charge in [-0.05, 0) is 31.2 Å². The van der Waals surface area contributed by atoms with Crippen molar-refractivity contribution in [1.29, 1.82) is 0 Å². The number of anilines is 1. The average molecular weight is 275 g/mol. The number of amides is 1. The smallest absolute Gasteiger partial charge is 0.255 e. The van der Waals surface area contributed by atoms with Gasteiger partial charge < -0.3 is 14.8 Å². The van der Waals surface area contributed by atoms with Crippen molar-refractivity contribution in [2.45, 2.75) is 13.7 Å². The third kappa shape index (κ3) is 3.58. The molecule has 106 valence electrons. The first-order chi connectivity index (χ1) is 9.72. The summed E-state index contributed by atoms with van der Waals surface area (Å²) in [6.07, 6.45) is 3.28. The maximum atomic E-state index is 12.0. The number of methoxy groups -OCH3 is 1. The second kappa shape index (κ2) is 6.72. The largest absolute Gasteiger partial charge is 0.494 e. The number of carbonyl (C=O) groups excluding carboxylic acids is 1. The van der Waals surface area contributed by atoms with Gasteiger partial charge in [0.05, 0.1) is 24.7 Å². The van der Waals surface area contributed by atoms with Crippen molar-refractivity contribution in [1.82, 2.24) is 9.78 Å². The highest BCUT2D eigenvalue weighted by Crippen LogP contribution is 2.14. The second-order valence-corrected chi connectivity index (χ2v) is 4.10. The fourth-order valence-electron chi connectivity index (χ4n) is 1.70. The van der Waals surface area contributed by atoms with Crippen LogP contribution in [0.1, 0.15) is 17.3 Å². The average Bonchev–Trinajstić information content (AvgIpc) is 2.88. The molecule has 0 radical (unpaired) electrons. The first kappa shape index (κ1) is 14.1. The summed E-state index contributed by atoms with van der Waals surface area (Å²) < 4.78 is 11.9. The lowest BCUT2D eigenvalue weighted by atomic mass is 10.2. The van der Waals surface area contributed by atoms with Crippen molar-refractivity contribution in [3.63, 3.8) is 0 Å². The number of hydrogen-bond acceptors (Lipinski definition) is 4. The van der Waals surface area contributed by atoms with E-state index >= 15 is 0 Å². The molecule has 1 N–H and O–H groups in total. The minimum atomic E-state index is -0.190. The molecule has 0 aliphatic carbocycles. The monoisotopic (exact) mass is 275 g/mol. The van der Waals surface area contributed by atoms with Gasteiger partial charge in [0.1, 0.15) is 12.5 Å². The Kier molecular flexibility index (Phi) is 4.73. The van der Waals surface area contributed by atoms with Gasteiger partial charge in [0.15, 0.2) is 0 Å². The molecule has 1 amide bonds. The van der Waals surface area contributed by atoms with Gasteiger partial charge in [-0.3, -0.25) is 4.79 Å². The SMILES string of the molecule is CCOc1ccc(C(=O)Nc2cnn(COC)c2)cc1. The van der Waals surface area contributed by atoms with Crippen molar-refractivity contribution < 1.29 is 14.3 Å². The van der Waals surface area contributed by atoms with Gasteiger partial charge >= 0.3 is 0 Å². The predicted octanol–water partition coefficient (Wildman–Crippen LogP) is 2.14. The molecule has 0 fully saturated rings. The van der Waals surface area contributed by atoms with Crippen LogP contribution in [0.3, 0.4) is 0 Å². The lowest BCUT2D eigenvalue weighted by Crippen LogP contribution is -2.11. The molecular weight excluding hydrogens is 258 g/mol. The van der Waals surface area contributed by atoms with E-state index in [1.807, 2.05) is 6.92 Å². The van der Waals surface area contributed by atoms with Gasteiger partial charge in [-0.15, -0.1) is 0 Å². The summed E-state index contributed by atoms with van der Waals surface area (Å²) in [6.45, 7) is 2.86. The van der Waals surface area contributed by atoms with Crippen molar-refractivity contribution in [3.05, 3.63) is 42.2 Å². The molecule has 1 aromatic carbocycles. The molecule has 20 heavy (non-hydrogen) atoms. The lowest BCUT2D eigenvalue weighted by Gasteiger charge is -2.05. The first-order valence-electron chi connectivity index (χ1n) is 6.28. The molecule has 6 heteroatoms. The number of hydrogen-bond donors (Lipinski definition) is 1. The van der Waals surface area contributed by atoms with Crippen LogP contribution >= 0.6 is 0 Å². The summed E-state index contributed by atoms with van der Waals surface area (Å²) in [6, 6.07) is 6.99. The van der Waals surface area contributed by atoms with E-state index in [1.54, 1.807) is 48.5 Å². The summed E-state index contributed by atoms with van der Waals surface area (Å²) in [4.78, 5) is 12.0. The molecule has 2 aromatic rings. The molecule has 1 aromatic heterocycles. The Balaban J connectivity index is 1.99. The maximum Gasteiger partial charge on any atom is 0.255 e. The Morgan fingerprint density at radius 1 is 1.35 bits per heavy atom. The number of aromatic nitrogens is 2. The molecule has 0 unspecified atom stereocenters. The van der Waals surface area contributed by atoms with Gasteiger partial charge in [-0.1, -0.05) is 0 Å². The first-order valence-corrected chi connectivity index (χ1v) is 6.28. The van der Waals surface area contributed by atoms with E-state index in [9.17, 15) is 4.79 Å². The molecule has 1 heterocycles. The van der Waals surface area contributed by atoms with E-state index in [4.69, 9.17) is 9.47 Å². The lowest BCUT2D eigenvalue weighted by molar-refractivity contribution is 0.102. The van der Waals surface area contributed by atoms with E-state index in [0.717, 1.165) is 5.75 Å². The molecule has 0 atom stereocenters. The molecule has 0 bridgehead atoms. The topological polar surface area (TPSA) is 65.4 Å². The highest BCUT2D eigenvalue weighted by Gasteiger charge is 2.07. The number of nitrogens with zero attached hydrogens (tertiary/aromatic N) is 2. The van der Waals surface area contributed by atoms with Crippen LogP contribution in [0.5, 0.6) is 5.75 Å². The summed E-state index contributed by atoms with van der Waals surface area (Å²) in [5, 5.41) is 6.82. The second-order valence-electron chi connectivity index (χ2n) is 4.10. The molecule has 2 rings (SSSR count). The third-order valence-corrected chi connectivity index (χ3v) is 2.58. The van der Waals surface area contributed by atoms with Gasteiger partial charge in [0.25, 0.3) is 5.91 Å². The number of carbonyl (C=O) groups is 1. The number of ether oxygens (including phenoxy) is 2. The van der Waals surface area contributed by atoms with Crippen LogP contribution in [0.25, 0.3) is 0 Å². The van der Waals surface area contributed by atoms with Crippen molar-refractivity contribution in [2.24, 2.45) is 0 Å². The maximum absolute atomic E-state index is 12.0. The number of benzene rings is 1. The summed E-state index contributed by atoms with van der Waals surface area (Å²) in [7, 11) is 1.58. The van der Waals surface area contributed by atoms with E-state index in [-0.39, 0.29) is 5.91 Å². The molecule has 0 spiro atoms. The van der Waals surface area contributed by atoms with Crippen molar-refractivity contribution >= 4 is 11.6 Å². The Labute approximate surface area is 117 Å². The minimum absolute atomic E-state index is 0.190. The molecule has 6 nitrogen and oxygen atoms in total. The molecule has 0 saturated carbocycles. The molecule has 0 aliphatic heterocycles. The highest BCUT2D eigenvalue weighted by atomic mass is 16.5.